The molecule has 2 rings (SSSR count). The summed E-state index contributed by atoms with van der Waals surface area (Å²) in [6.45, 7) is 0. The number of anilines is 2. The number of nitrogens with two attached hydrogens (primary N) is 1. The van der Waals surface area contributed by atoms with Crippen molar-refractivity contribution >= 4 is 44.8 Å². The molecule has 1 amide bonds. The van der Waals surface area contributed by atoms with Crippen LogP contribution in [0.1, 0.15) is 10.5 Å². The first-order chi connectivity index (χ1) is 9.10. The maximum atomic E-state index is 12.0. The van der Waals surface area contributed by atoms with E-state index in [1.54, 1.807) is 30.3 Å². The molecule has 7 heteroatoms. The van der Waals surface area contributed by atoms with Crippen LogP contribution in [0.25, 0.3) is 0 Å². The van der Waals surface area contributed by atoms with Crippen molar-refractivity contribution < 1.29 is 4.79 Å². The van der Waals surface area contributed by atoms with Gasteiger partial charge < -0.3 is 10.7 Å². The Balaban J connectivity index is 2.18. The number of amides is 1. The lowest BCUT2D eigenvalue weighted by Gasteiger charge is -2.07. The molecular weight excluding hydrogens is 332 g/mol. The molecule has 0 aliphatic rings. The van der Waals surface area contributed by atoms with Gasteiger partial charge in [-0.25, -0.2) is 0 Å². The highest BCUT2D eigenvalue weighted by Crippen LogP contribution is 2.25. The number of hydrogen-bond acceptors (Lipinski definition) is 4. The van der Waals surface area contributed by atoms with Gasteiger partial charge in [-0.2, -0.15) is 0 Å². The normalized spacial score (nSPS) is 10.1. The molecule has 0 unspecified atom stereocenters. The molecule has 98 valence electrons. The zero-order valence-electron chi connectivity index (χ0n) is 9.65. The summed E-state index contributed by atoms with van der Waals surface area (Å²) in [5.41, 5.74) is 3.95. The molecule has 19 heavy (non-hydrogen) atoms. The smallest absolute Gasteiger partial charge is 0.274 e. The highest BCUT2D eigenvalue weighted by atomic mass is 79.9. The Kier molecular flexibility index (Phi) is 4.36. The Morgan fingerprint density at radius 1 is 1.26 bits per heavy atom. The van der Waals surface area contributed by atoms with Gasteiger partial charge in [0.25, 0.3) is 5.91 Å². The third-order valence-corrected chi connectivity index (χ3v) is 3.55. The topological polar surface area (TPSA) is 80.0 Å². The molecular formula is C12H10BrClN4O. The van der Waals surface area contributed by atoms with Crippen LogP contribution in [-0.2, 0) is 0 Å². The van der Waals surface area contributed by atoms with Gasteiger partial charge in [-0.3, -0.25) is 15.6 Å². The predicted octanol–water partition coefficient (Wildman–Crippen LogP) is 3.04. The Morgan fingerprint density at radius 3 is 2.74 bits per heavy atom. The highest BCUT2D eigenvalue weighted by Gasteiger charge is 2.09. The minimum absolute atomic E-state index is 0.265. The molecule has 5 nitrogen and oxygen atoms in total. The maximum Gasteiger partial charge on any atom is 0.274 e. The number of aromatic nitrogens is 1. The summed E-state index contributed by atoms with van der Waals surface area (Å²) in [6.07, 6.45) is 1.50. The van der Waals surface area contributed by atoms with E-state index in [0.29, 0.717) is 20.9 Å². The summed E-state index contributed by atoms with van der Waals surface area (Å²) in [5.74, 6) is 4.95. The number of pyridine rings is 1. The maximum absolute atomic E-state index is 12.0. The molecule has 2 aromatic rings. The SMILES string of the molecule is NNc1ccnc(C(=O)Nc2ccc(Cl)c(Br)c2)c1. The Hall–Kier alpha value is -1.63. The van der Waals surface area contributed by atoms with Gasteiger partial charge in [0.15, 0.2) is 0 Å². The number of carbonyl (C=O) groups is 1. The van der Waals surface area contributed by atoms with Crippen molar-refractivity contribution in [3.8, 4) is 0 Å². The number of nitrogens with one attached hydrogen (secondary N) is 2. The molecule has 4 N–H and O–H groups in total. The van der Waals surface area contributed by atoms with Gasteiger partial charge in [0.1, 0.15) is 5.69 Å². The fourth-order valence-electron chi connectivity index (χ4n) is 1.41. The lowest BCUT2D eigenvalue weighted by molar-refractivity contribution is 0.102. The molecule has 0 spiro atoms. The van der Waals surface area contributed by atoms with Crippen LogP contribution >= 0.6 is 27.5 Å². The van der Waals surface area contributed by atoms with E-state index in [1.807, 2.05) is 0 Å². The van der Waals surface area contributed by atoms with Gasteiger partial charge in [0, 0.05) is 16.4 Å². The summed E-state index contributed by atoms with van der Waals surface area (Å²) in [5, 5.41) is 3.29. The minimum Gasteiger partial charge on any atom is -0.324 e. The van der Waals surface area contributed by atoms with E-state index >= 15 is 0 Å². The molecule has 0 saturated carbocycles. The number of hydrogen-bond donors (Lipinski definition) is 3. The van der Waals surface area contributed by atoms with E-state index in [-0.39, 0.29) is 11.6 Å². The minimum atomic E-state index is -0.327. The van der Waals surface area contributed by atoms with Gasteiger partial charge in [0.2, 0.25) is 0 Å². The number of benzene rings is 1. The van der Waals surface area contributed by atoms with Crippen molar-refractivity contribution in [2.45, 2.75) is 0 Å². The molecule has 1 aromatic heterocycles. The second kappa shape index (κ2) is 6.01. The van der Waals surface area contributed by atoms with E-state index in [0.717, 1.165) is 0 Å². The summed E-state index contributed by atoms with van der Waals surface area (Å²) in [7, 11) is 0. The van der Waals surface area contributed by atoms with Gasteiger partial charge in [-0.05, 0) is 46.3 Å². The van der Waals surface area contributed by atoms with Crippen molar-refractivity contribution in [3.05, 3.63) is 51.7 Å². The van der Waals surface area contributed by atoms with Gasteiger partial charge in [0.05, 0.1) is 10.7 Å². The third-order valence-electron chi connectivity index (χ3n) is 2.34. The molecule has 0 saturated heterocycles. The lowest BCUT2D eigenvalue weighted by atomic mass is 10.2. The van der Waals surface area contributed by atoms with Crippen molar-refractivity contribution in [1.29, 1.82) is 0 Å². The number of hydrazine groups is 1. The van der Waals surface area contributed by atoms with Crippen molar-refractivity contribution in [2.75, 3.05) is 10.7 Å². The van der Waals surface area contributed by atoms with Crippen LogP contribution in [0.4, 0.5) is 11.4 Å². The number of rotatable bonds is 3. The largest absolute Gasteiger partial charge is 0.324 e. The van der Waals surface area contributed by atoms with Gasteiger partial charge in [-0.1, -0.05) is 11.6 Å². The van der Waals surface area contributed by atoms with Crippen LogP contribution in [0.5, 0.6) is 0 Å². The first kappa shape index (κ1) is 13.8. The second-order valence-electron chi connectivity index (χ2n) is 3.66. The zero-order valence-corrected chi connectivity index (χ0v) is 12.0. The fourth-order valence-corrected chi connectivity index (χ4v) is 1.91. The van der Waals surface area contributed by atoms with Crippen LogP contribution < -0.4 is 16.6 Å². The van der Waals surface area contributed by atoms with Crippen molar-refractivity contribution in [1.82, 2.24) is 4.98 Å². The Labute approximate surface area is 123 Å². The summed E-state index contributed by atoms with van der Waals surface area (Å²) >= 11 is 9.17. The van der Waals surface area contributed by atoms with Crippen LogP contribution in [0.3, 0.4) is 0 Å². The molecule has 0 aliphatic carbocycles. The summed E-state index contributed by atoms with van der Waals surface area (Å²) in [4.78, 5) is 16.0. The zero-order chi connectivity index (χ0) is 13.8. The van der Waals surface area contributed by atoms with E-state index in [1.165, 1.54) is 6.20 Å². The molecule has 0 fully saturated rings. The molecule has 1 heterocycles. The van der Waals surface area contributed by atoms with E-state index in [2.05, 4.69) is 31.7 Å². The first-order valence-corrected chi connectivity index (χ1v) is 6.46. The summed E-state index contributed by atoms with van der Waals surface area (Å²) < 4.78 is 0.706. The number of halogens is 2. The third kappa shape index (κ3) is 3.44. The fraction of sp³-hybridized carbons (Fsp3) is 0. The lowest BCUT2D eigenvalue weighted by Crippen LogP contribution is -2.15. The molecule has 1 aromatic carbocycles. The van der Waals surface area contributed by atoms with Gasteiger partial charge >= 0.3 is 0 Å². The number of nitrogen functional groups attached to an aromatic ring is 1. The van der Waals surface area contributed by atoms with Crippen LogP contribution in [-0.4, -0.2) is 10.9 Å². The number of nitrogens with zero attached hydrogens (tertiary/aromatic N) is 1. The average molecular weight is 342 g/mol. The molecule has 0 radical (unpaired) electrons. The Morgan fingerprint density at radius 2 is 2.05 bits per heavy atom. The quantitative estimate of drug-likeness (QED) is 0.592. The van der Waals surface area contributed by atoms with Crippen LogP contribution in [0.2, 0.25) is 5.02 Å². The number of carbonyl (C=O) groups excluding carboxylic acids is 1. The summed E-state index contributed by atoms with van der Waals surface area (Å²) in [6, 6.07) is 8.32. The Bertz CT molecular complexity index is 620. The molecule has 0 atom stereocenters. The predicted molar refractivity (Wildman–Crippen MR) is 79.2 cm³/mol. The molecule has 0 bridgehead atoms. The van der Waals surface area contributed by atoms with Crippen molar-refractivity contribution in [2.24, 2.45) is 5.84 Å². The first-order valence-electron chi connectivity index (χ1n) is 5.29. The second-order valence-corrected chi connectivity index (χ2v) is 4.92. The van der Waals surface area contributed by atoms with E-state index in [9.17, 15) is 4.79 Å². The highest BCUT2D eigenvalue weighted by molar-refractivity contribution is 9.10. The van der Waals surface area contributed by atoms with E-state index in [4.69, 9.17) is 17.4 Å². The molecule has 0 aliphatic heterocycles. The average Bonchev–Trinajstić information content (AvgIpc) is 2.43. The van der Waals surface area contributed by atoms with Crippen LogP contribution in [0.15, 0.2) is 41.0 Å². The van der Waals surface area contributed by atoms with Gasteiger partial charge in [-0.15, -0.1) is 0 Å². The van der Waals surface area contributed by atoms with E-state index < -0.39 is 0 Å². The van der Waals surface area contributed by atoms with Crippen molar-refractivity contribution in [3.63, 3.8) is 0 Å². The standard InChI is InChI=1S/C12H10BrClN4O/c13-9-5-7(1-2-10(9)14)17-12(19)11-6-8(18-15)3-4-16-11/h1-6H,15H2,(H,16,18)(H,17,19). The monoisotopic (exact) mass is 340 g/mol. The van der Waals surface area contributed by atoms with Crippen LogP contribution in [0, 0.1) is 0 Å².